The van der Waals surface area contributed by atoms with Gasteiger partial charge in [-0.15, -0.1) is 0 Å². The van der Waals surface area contributed by atoms with Crippen LogP contribution in [-0.4, -0.2) is 0 Å². The van der Waals surface area contributed by atoms with Crippen molar-refractivity contribution >= 4 is 0 Å². The molecule has 1 aromatic carbocycles. The molecule has 2 saturated carbocycles. The van der Waals surface area contributed by atoms with Gasteiger partial charge in [-0.25, -0.2) is 13.2 Å². The van der Waals surface area contributed by atoms with E-state index in [-0.39, 0.29) is 5.92 Å². The summed E-state index contributed by atoms with van der Waals surface area (Å²) < 4.78 is 42.7. The maximum atomic E-state index is 15.1. The molecule has 3 heteroatoms. The number of hydrogen-bond donors (Lipinski definition) is 0. The summed E-state index contributed by atoms with van der Waals surface area (Å²) in [6.07, 6.45) is 14.7. The van der Waals surface area contributed by atoms with Gasteiger partial charge < -0.3 is 0 Å². The number of aryl methyl sites for hydroxylation is 1. The van der Waals surface area contributed by atoms with Crippen molar-refractivity contribution in [1.82, 2.24) is 0 Å². The molecule has 3 aliphatic rings. The monoisotopic (exact) mass is 404 g/mol. The molecule has 5 unspecified atom stereocenters. The Morgan fingerprint density at radius 2 is 1.79 bits per heavy atom. The van der Waals surface area contributed by atoms with Crippen molar-refractivity contribution in [1.29, 1.82) is 0 Å². The van der Waals surface area contributed by atoms with Crippen LogP contribution in [0.25, 0.3) is 0 Å². The summed E-state index contributed by atoms with van der Waals surface area (Å²) in [6, 6.07) is 2.02. The first kappa shape index (κ1) is 21.0. The lowest BCUT2D eigenvalue weighted by molar-refractivity contribution is 0.132. The Morgan fingerprint density at radius 1 is 1.00 bits per heavy atom. The fraction of sp³-hybridized carbons (Fsp3) is 0.692. The lowest BCUT2D eigenvalue weighted by Gasteiger charge is -2.42. The van der Waals surface area contributed by atoms with Crippen molar-refractivity contribution in [2.75, 3.05) is 0 Å². The second kappa shape index (κ2) is 9.27. The second-order valence-corrected chi connectivity index (χ2v) is 9.90. The third-order valence-electron chi connectivity index (χ3n) is 8.15. The van der Waals surface area contributed by atoms with Gasteiger partial charge in [-0.2, -0.15) is 0 Å². The fourth-order valence-electron chi connectivity index (χ4n) is 6.45. The lowest BCUT2D eigenvalue weighted by Crippen LogP contribution is -2.30. The molecule has 0 amide bonds. The fourth-order valence-corrected chi connectivity index (χ4v) is 6.45. The molecule has 3 aliphatic carbocycles. The summed E-state index contributed by atoms with van der Waals surface area (Å²) in [7, 11) is 0. The lowest BCUT2D eigenvalue weighted by atomic mass is 9.63. The molecule has 0 aliphatic heterocycles. The van der Waals surface area contributed by atoms with Crippen LogP contribution in [0.1, 0.15) is 93.7 Å². The van der Waals surface area contributed by atoms with Crippen LogP contribution in [-0.2, 0) is 12.8 Å². The summed E-state index contributed by atoms with van der Waals surface area (Å²) in [5, 5.41) is 0. The summed E-state index contributed by atoms with van der Waals surface area (Å²) in [6.45, 7) is 2.18. The highest BCUT2D eigenvalue weighted by Gasteiger charge is 2.37. The van der Waals surface area contributed by atoms with E-state index in [2.05, 4.69) is 6.92 Å². The average Bonchev–Trinajstić information content (AvgIpc) is 2.74. The van der Waals surface area contributed by atoms with Crippen molar-refractivity contribution in [3.8, 4) is 0 Å². The summed E-state index contributed by atoms with van der Waals surface area (Å²) in [5.41, 5.74) is 2.36. The largest absolute Gasteiger partial charge is 0.216 e. The third kappa shape index (κ3) is 4.44. The van der Waals surface area contributed by atoms with Crippen LogP contribution in [0.3, 0.4) is 0 Å². The molecule has 0 nitrogen and oxygen atoms in total. The highest BCUT2D eigenvalue weighted by molar-refractivity contribution is 5.38. The molecular formula is C26H35F3. The molecular weight excluding hydrogens is 369 g/mol. The van der Waals surface area contributed by atoms with Crippen molar-refractivity contribution in [2.45, 2.75) is 89.9 Å². The van der Waals surface area contributed by atoms with E-state index in [4.69, 9.17) is 0 Å². The van der Waals surface area contributed by atoms with Gasteiger partial charge in [0.1, 0.15) is 0 Å². The van der Waals surface area contributed by atoms with Gasteiger partial charge in [0.05, 0.1) is 6.33 Å². The molecule has 0 bridgehead atoms. The normalized spacial score (nSPS) is 32.2. The number of fused-ring (bicyclic) bond motifs is 2. The van der Waals surface area contributed by atoms with Gasteiger partial charge in [-0.05, 0) is 104 Å². The van der Waals surface area contributed by atoms with Crippen molar-refractivity contribution in [3.63, 3.8) is 0 Å². The number of rotatable bonds is 5. The Morgan fingerprint density at radius 3 is 2.59 bits per heavy atom. The molecule has 0 heterocycles. The number of benzene rings is 1. The zero-order valence-corrected chi connectivity index (χ0v) is 17.7. The minimum Gasteiger partial charge on any atom is -0.216 e. The van der Waals surface area contributed by atoms with Crippen LogP contribution in [0.2, 0.25) is 0 Å². The van der Waals surface area contributed by atoms with Crippen LogP contribution >= 0.6 is 0 Å². The zero-order chi connectivity index (χ0) is 20.4. The quantitative estimate of drug-likeness (QED) is 0.466. The molecule has 0 N–H and O–H groups in total. The van der Waals surface area contributed by atoms with E-state index < -0.39 is 11.6 Å². The van der Waals surface area contributed by atoms with Gasteiger partial charge >= 0.3 is 0 Å². The molecule has 160 valence electrons. The smallest absolute Gasteiger partial charge is 0.162 e. The predicted octanol–water partition coefficient (Wildman–Crippen LogP) is 8.04. The molecule has 0 spiro atoms. The van der Waals surface area contributed by atoms with E-state index in [1.54, 1.807) is 6.08 Å². The molecule has 0 radical (unpaired) electrons. The Bertz CT molecular complexity index is 738. The van der Waals surface area contributed by atoms with Crippen molar-refractivity contribution in [3.05, 3.63) is 46.8 Å². The minimum atomic E-state index is -0.572. The number of unbranched alkanes of at least 4 members (excludes halogenated alkanes) is 1. The number of allylic oxidation sites excluding steroid dienone is 1. The van der Waals surface area contributed by atoms with Gasteiger partial charge in [0.25, 0.3) is 0 Å². The topological polar surface area (TPSA) is 0 Å². The van der Waals surface area contributed by atoms with E-state index in [1.165, 1.54) is 6.42 Å². The predicted molar refractivity (Wildman–Crippen MR) is 113 cm³/mol. The van der Waals surface area contributed by atoms with Crippen LogP contribution in [0, 0.1) is 35.3 Å². The van der Waals surface area contributed by atoms with Gasteiger partial charge in [-0.3, -0.25) is 0 Å². The van der Waals surface area contributed by atoms with Crippen LogP contribution in [0.4, 0.5) is 13.2 Å². The molecule has 29 heavy (non-hydrogen) atoms. The van der Waals surface area contributed by atoms with E-state index in [0.717, 1.165) is 69.8 Å². The first-order chi connectivity index (χ1) is 14.1. The SMILES string of the molecule is CCCCC1CCc2cc(C3CCC4CC(/C=C/F)CCC4C3)c(F)c(F)c2C1. The number of hydrogen-bond acceptors (Lipinski definition) is 0. The molecule has 2 fully saturated rings. The minimum absolute atomic E-state index is 0.141. The summed E-state index contributed by atoms with van der Waals surface area (Å²) >= 11 is 0. The zero-order valence-electron chi connectivity index (χ0n) is 17.7. The van der Waals surface area contributed by atoms with E-state index in [0.29, 0.717) is 47.5 Å². The van der Waals surface area contributed by atoms with Gasteiger partial charge in [0, 0.05) is 0 Å². The van der Waals surface area contributed by atoms with Crippen molar-refractivity contribution < 1.29 is 13.2 Å². The highest BCUT2D eigenvalue weighted by Crippen LogP contribution is 2.49. The Labute approximate surface area is 174 Å². The maximum Gasteiger partial charge on any atom is 0.162 e. The average molecular weight is 405 g/mol. The Hall–Kier alpha value is -1.25. The van der Waals surface area contributed by atoms with Gasteiger partial charge in [-0.1, -0.05) is 38.3 Å². The summed E-state index contributed by atoms with van der Waals surface area (Å²) in [4.78, 5) is 0. The Kier molecular flexibility index (Phi) is 6.71. The molecule has 4 rings (SSSR count). The maximum absolute atomic E-state index is 15.1. The molecule has 0 saturated heterocycles. The standard InChI is InChI=1S/C26H35F3/c1-2-3-4-17-6-8-22-16-24(26(29)25(28)23(22)14-17)21-10-9-19-13-18(11-12-27)5-7-20(19)15-21/h11-12,16-21H,2-10,13-15H2,1H3/b12-11+. The highest BCUT2D eigenvalue weighted by atomic mass is 19.2. The van der Waals surface area contributed by atoms with E-state index >= 15 is 8.78 Å². The van der Waals surface area contributed by atoms with E-state index in [1.807, 2.05) is 6.07 Å². The first-order valence-corrected chi connectivity index (χ1v) is 11.9. The Balaban J connectivity index is 1.48. The first-order valence-electron chi connectivity index (χ1n) is 11.9. The van der Waals surface area contributed by atoms with Crippen LogP contribution in [0.5, 0.6) is 0 Å². The number of halogens is 3. The van der Waals surface area contributed by atoms with Gasteiger partial charge in [0.15, 0.2) is 11.6 Å². The van der Waals surface area contributed by atoms with E-state index in [9.17, 15) is 4.39 Å². The second-order valence-electron chi connectivity index (χ2n) is 9.90. The molecule has 0 aromatic heterocycles. The van der Waals surface area contributed by atoms with Crippen LogP contribution in [0.15, 0.2) is 18.5 Å². The molecule has 5 atom stereocenters. The van der Waals surface area contributed by atoms with Gasteiger partial charge in [0.2, 0.25) is 0 Å². The van der Waals surface area contributed by atoms with Crippen molar-refractivity contribution in [2.24, 2.45) is 23.7 Å². The third-order valence-corrected chi connectivity index (χ3v) is 8.15. The summed E-state index contributed by atoms with van der Waals surface area (Å²) in [5.74, 6) is 1.07. The molecule has 1 aromatic rings. The van der Waals surface area contributed by atoms with Crippen LogP contribution < -0.4 is 0 Å².